The van der Waals surface area contributed by atoms with Crippen LogP contribution in [0.3, 0.4) is 0 Å². The maximum atomic E-state index is 13.6. The van der Waals surface area contributed by atoms with Gasteiger partial charge in [-0.2, -0.15) is 0 Å². The Kier molecular flexibility index (Phi) is 7.10. The summed E-state index contributed by atoms with van der Waals surface area (Å²) in [6.45, 7) is 2.38. The number of hydrogen-bond donors (Lipinski definition) is 4. The molecule has 8 heteroatoms. The van der Waals surface area contributed by atoms with E-state index in [-0.39, 0.29) is 16.1 Å². The number of halogens is 1. The van der Waals surface area contributed by atoms with Crippen LogP contribution in [0.15, 0.2) is 46.2 Å². The molecule has 0 radical (unpaired) electrons. The Morgan fingerprint density at radius 3 is 2.60 bits per heavy atom. The van der Waals surface area contributed by atoms with Crippen molar-refractivity contribution in [2.75, 3.05) is 0 Å². The lowest BCUT2D eigenvalue weighted by atomic mass is 10.2. The number of benzene rings is 2. The van der Waals surface area contributed by atoms with Gasteiger partial charge in [-0.15, -0.1) is 0 Å². The van der Waals surface area contributed by atoms with E-state index in [1.54, 1.807) is 17.8 Å². The van der Waals surface area contributed by atoms with E-state index in [1.807, 2.05) is 19.1 Å². The van der Waals surface area contributed by atoms with Gasteiger partial charge < -0.3 is 16.8 Å². The molecule has 132 valence electrons. The molecule has 4 nitrogen and oxygen atoms in total. The second-order valence-electron chi connectivity index (χ2n) is 5.34. The number of amidine groups is 1. The molecule has 0 amide bonds. The monoisotopic (exact) mass is 394 g/mol. The fourth-order valence-electron chi connectivity index (χ4n) is 2.12. The van der Waals surface area contributed by atoms with Crippen molar-refractivity contribution in [2.45, 2.75) is 29.0 Å². The molecule has 0 bridgehead atoms. The third-order valence-electron chi connectivity index (χ3n) is 3.30. The fraction of sp³-hybridized carbons (Fsp3) is 0.176. The van der Waals surface area contributed by atoms with Crippen LogP contribution in [-0.2, 0) is 12.3 Å². The van der Waals surface area contributed by atoms with Crippen LogP contribution in [-0.4, -0.2) is 10.3 Å². The lowest BCUT2D eigenvalue weighted by molar-refractivity contribution is 0.622. The topological polar surface area (TPSA) is 87.9 Å². The van der Waals surface area contributed by atoms with Gasteiger partial charge in [0.1, 0.15) is 5.82 Å². The first-order valence-electron chi connectivity index (χ1n) is 7.41. The van der Waals surface area contributed by atoms with Crippen LogP contribution in [0.25, 0.3) is 0 Å². The van der Waals surface area contributed by atoms with Gasteiger partial charge in [-0.3, -0.25) is 5.41 Å². The molecule has 0 aliphatic rings. The van der Waals surface area contributed by atoms with Crippen molar-refractivity contribution in [2.24, 2.45) is 11.5 Å². The van der Waals surface area contributed by atoms with Gasteiger partial charge in [-0.25, -0.2) is 4.39 Å². The predicted molar refractivity (Wildman–Crippen MR) is 109 cm³/mol. The van der Waals surface area contributed by atoms with Crippen LogP contribution in [0.2, 0.25) is 0 Å². The quantitative estimate of drug-likeness (QED) is 0.339. The minimum atomic E-state index is -0.305. The molecule has 25 heavy (non-hydrogen) atoms. The van der Waals surface area contributed by atoms with E-state index in [4.69, 9.17) is 29.1 Å². The fourth-order valence-corrected chi connectivity index (χ4v) is 4.00. The van der Waals surface area contributed by atoms with Gasteiger partial charge in [0.25, 0.3) is 0 Å². The second-order valence-corrected chi connectivity index (χ2v) is 7.88. The van der Waals surface area contributed by atoms with Crippen LogP contribution < -0.4 is 16.8 Å². The summed E-state index contributed by atoms with van der Waals surface area (Å²) >= 11 is 7.66. The molecule has 0 spiro atoms. The number of thioether (sulfide) groups is 1. The SMILES string of the molecule is Cc1ccc(CSC(=N)N)c(Sc2ccc(F)cc2CNC(N)=S)c1. The third kappa shape index (κ3) is 6.22. The first-order valence-corrected chi connectivity index (χ1v) is 9.62. The number of thiocarbonyl (C=S) groups is 1. The minimum Gasteiger partial charge on any atom is -0.379 e. The summed E-state index contributed by atoms with van der Waals surface area (Å²) < 4.78 is 13.6. The van der Waals surface area contributed by atoms with Gasteiger partial charge in [-0.05, 0) is 60.1 Å². The summed E-state index contributed by atoms with van der Waals surface area (Å²) in [5.41, 5.74) is 13.9. The molecule has 2 rings (SSSR count). The molecule has 2 aromatic rings. The molecular formula is C17H19FN4S3. The van der Waals surface area contributed by atoms with E-state index in [2.05, 4.69) is 11.4 Å². The van der Waals surface area contributed by atoms with Crippen molar-refractivity contribution in [1.29, 1.82) is 5.41 Å². The van der Waals surface area contributed by atoms with Crippen LogP contribution in [0.4, 0.5) is 4.39 Å². The first kappa shape index (κ1) is 19.6. The molecule has 6 N–H and O–H groups in total. The lowest BCUT2D eigenvalue weighted by Crippen LogP contribution is -2.28. The van der Waals surface area contributed by atoms with E-state index in [9.17, 15) is 4.39 Å². The number of nitrogens with one attached hydrogen (secondary N) is 2. The molecular weight excluding hydrogens is 375 g/mol. The molecule has 0 saturated heterocycles. The maximum Gasteiger partial charge on any atom is 0.163 e. The van der Waals surface area contributed by atoms with Gasteiger partial charge in [0.05, 0.1) is 0 Å². The summed E-state index contributed by atoms with van der Waals surface area (Å²) in [4.78, 5) is 1.97. The molecule has 0 fully saturated rings. The van der Waals surface area contributed by atoms with Gasteiger partial charge >= 0.3 is 0 Å². The highest BCUT2D eigenvalue weighted by Crippen LogP contribution is 2.35. The number of rotatable bonds is 6. The average molecular weight is 395 g/mol. The van der Waals surface area contributed by atoms with Crippen molar-refractivity contribution in [1.82, 2.24) is 5.32 Å². The Morgan fingerprint density at radius 2 is 1.92 bits per heavy atom. The van der Waals surface area contributed by atoms with Crippen molar-refractivity contribution >= 4 is 46.0 Å². The largest absolute Gasteiger partial charge is 0.379 e. The van der Waals surface area contributed by atoms with Crippen LogP contribution in [0.5, 0.6) is 0 Å². The Labute approximate surface area is 160 Å². The van der Waals surface area contributed by atoms with Crippen LogP contribution in [0, 0.1) is 18.2 Å². The number of hydrogen-bond acceptors (Lipinski definition) is 4. The normalized spacial score (nSPS) is 10.5. The van der Waals surface area contributed by atoms with Crippen LogP contribution >= 0.6 is 35.7 Å². The van der Waals surface area contributed by atoms with Gasteiger partial charge in [0.15, 0.2) is 10.3 Å². The molecule has 2 aromatic carbocycles. The van der Waals surface area contributed by atoms with Crippen molar-refractivity contribution < 1.29 is 4.39 Å². The van der Waals surface area contributed by atoms with Crippen LogP contribution in [0.1, 0.15) is 16.7 Å². The van der Waals surface area contributed by atoms with Gasteiger partial charge in [0, 0.05) is 22.1 Å². The van der Waals surface area contributed by atoms with E-state index >= 15 is 0 Å². The maximum absolute atomic E-state index is 13.6. The van der Waals surface area contributed by atoms with Crippen molar-refractivity contribution in [3.63, 3.8) is 0 Å². The summed E-state index contributed by atoms with van der Waals surface area (Å²) in [5, 5.41) is 10.5. The highest BCUT2D eigenvalue weighted by atomic mass is 32.2. The Hall–Kier alpha value is -1.77. The molecule has 0 atom stereocenters. The standard InChI is InChI=1S/C17H19FN4S3/c1-10-2-3-11(9-24-16(19)20)15(6-10)25-14-5-4-13(18)7-12(14)8-22-17(21)23/h2-7H,8-9H2,1H3,(H3,19,20)(H3,21,22,23). The molecule has 0 unspecified atom stereocenters. The highest BCUT2D eigenvalue weighted by molar-refractivity contribution is 8.13. The zero-order valence-corrected chi connectivity index (χ0v) is 16.1. The van der Waals surface area contributed by atoms with E-state index in [1.165, 1.54) is 23.9 Å². The zero-order valence-electron chi connectivity index (χ0n) is 13.6. The van der Waals surface area contributed by atoms with Crippen molar-refractivity contribution in [3.05, 3.63) is 58.9 Å². The third-order valence-corrected chi connectivity index (χ3v) is 5.43. The van der Waals surface area contributed by atoms with E-state index < -0.39 is 0 Å². The number of aryl methyl sites for hydroxylation is 1. The lowest BCUT2D eigenvalue weighted by Gasteiger charge is -2.14. The first-order chi connectivity index (χ1) is 11.8. The predicted octanol–water partition coefficient (Wildman–Crippen LogP) is 3.75. The Bertz CT molecular complexity index is 795. The summed E-state index contributed by atoms with van der Waals surface area (Å²) in [6, 6.07) is 10.8. The smallest absolute Gasteiger partial charge is 0.163 e. The molecule has 0 heterocycles. The van der Waals surface area contributed by atoms with E-state index in [0.29, 0.717) is 12.3 Å². The van der Waals surface area contributed by atoms with Gasteiger partial charge in [0.2, 0.25) is 0 Å². The summed E-state index contributed by atoms with van der Waals surface area (Å²) in [7, 11) is 0. The van der Waals surface area contributed by atoms with Crippen molar-refractivity contribution in [3.8, 4) is 0 Å². The van der Waals surface area contributed by atoms with E-state index in [0.717, 1.165) is 26.5 Å². The zero-order chi connectivity index (χ0) is 18.4. The molecule has 0 aliphatic carbocycles. The average Bonchev–Trinajstić information content (AvgIpc) is 2.54. The van der Waals surface area contributed by atoms with Gasteiger partial charge in [-0.1, -0.05) is 35.7 Å². The second kappa shape index (κ2) is 9.07. The summed E-state index contributed by atoms with van der Waals surface area (Å²) in [5.74, 6) is 0.306. The molecule has 0 aliphatic heterocycles. The highest BCUT2D eigenvalue weighted by Gasteiger charge is 2.11. The summed E-state index contributed by atoms with van der Waals surface area (Å²) in [6.07, 6.45) is 0. The number of nitrogens with two attached hydrogens (primary N) is 2. The Morgan fingerprint density at radius 1 is 1.16 bits per heavy atom. The molecule has 0 aromatic heterocycles. The minimum absolute atomic E-state index is 0.0830. The Balaban J connectivity index is 2.30. The molecule has 0 saturated carbocycles.